The van der Waals surface area contributed by atoms with Gasteiger partial charge in [-0.1, -0.05) is 208 Å². The maximum absolute atomic E-state index is 14.3. The van der Waals surface area contributed by atoms with Crippen LogP contribution in [0.15, 0.2) is 0 Å². The molecular weight excluding hydrogens is 793 g/mol. The van der Waals surface area contributed by atoms with Gasteiger partial charge in [0.2, 0.25) is 5.91 Å². The molecular formula is C57H112N2O5. The van der Waals surface area contributed by atoms with Crippen molar-refractivity contribution in [3.8, 4) is 0 Å². The lowest BCUT2D eigenvalue weighted by Crippen LogP contribution is -2.38. The number of esters is 2. The van der Waals surface area contributed by atoms with Gasteiger partial charge in [-0.15, -0.1) is 0 Å². The quantitative estimate of drug-likeness (QED) is 0.0447. The van der Waals surface area contributed by atoms with E-state index in [2.05, 4.69) is 58.5 Å². The number of amides is 1. The van der Waals surface area contributed by atoms with Gasteiger partial charge < -0.3 is 19.3 Å². The molecule has 0 N–H and O–H groups in total. The summed E-state index contributed by atoms with van der Waals surface area (Å²) in [5.74, 6) is 1.54. The fourth-order valence-electron chi connectivity index (χ4n) is 9.27. The van der Waals surface area contributed by atoms with Crippen molar-refractivity contribution in [2.24, 2.45) is 17.8 Å². The van der Waals surface area contributed by atoms with Crippen molar-refractivity contribution < 1.29 is 23.9 Å². The van der Waals surface area contributed by atoms with Crippen LogP contribution in [-0.4, -0.2) is 74.6 Å². The average molecular weight is 906 g/mol. The molecule has 0 aromatic carbocycles. The maximum atomic E-state index is 14.3. The monoisotopic (exact) mass is 905 g/mol. The first kappa shape index (κ1) is 62.4. The molecule has 0 spiro atoms. The van der Waals surface area contributed by atoms with E-state index in [1.165, 1.54) is 148 Å². The molecule has 0 bridgehead atoms. The molecule has 7 heteroatoms. The van der Waals surface area contributed by atoms with Gasteiger partial charge in [0, 0.05) is 31.8 Å². The van der Waals surface area contributed by atoms with Gasteiger partial charge in [-0.05, 0) is 96.7 Å². The highest BCUT2D eigenvalue weighted by atomic mass is 16.5. The summed E-state index contributed by atoms with van der Waals surface area (Å²) in [5.41, 5.74) is 0. The summed E-state index contributed by atoms with van der Waals surface area (Å²) in [4.78, 5) is 43.9. The summed E-state index contributed by atoms with van der Waals surface area (Å²) in [6.45, 7) is 15.2. The average Bonchev–Trinajstić information content (AvgIpc) is 3.28. The fraction of sp³-hybridized carbons (Fsp3) is 0.947. The van der Waals surface area contributed by atoms with Crippen LogP contribution >= 0.6 is 0 Å². The largest absolute Gasteiger partial charge is 0.465 e. The number of carbonyl (C=O) groups excluding carboxylic acids is 3. The predicted molar refractivity (Wildman–Crippen MR) is 276 cm³/mol. The molecule has 0 radical (unpaired) electrons. The van der Waals surface area contributed by atoms with Crippen LogP contribution in [0.25, 0.3) is 0 Å². The van der Waals surface area contributed by atoms with E-state index in [0.717, 1.165) is 110 Å². The van der Waals surface area contributed by atoms with Crippen molar-refractivity contribution in [3.05, 3.63) is 0 Å². The van der Waals surface area contributed by atoms with Crippen molar-refractivity contribution >= 4 is 17.8 Å². The minimum absolute atomic E-state index is 0.0117. The molecule has 7 nitrogen and oxygen atoms in total. The molecule has 0 aliphatic carbocycles. The van der Waals surface area contributed by atoms with Crippen LogP contribution in [0.1, 0.15) is 285 Å². The number of carbonyl (C=O) groups is 3. The van der Waals surface area contributed by atoms with Gasteiger partial charge in [0.1, 0.15) is 0 Å². The Morgan fingerprint density at radius 1 is 0.359 bits per heavy atom. The van der Waals surface area contributed by atoms with Gasteiger partial charge in [0.15, 0.2) is 0 Å². The van der Waals surface area contributed by atoms with E-state index in [0.29, 0.717) is 43.8 Å². The van der Waals surface area contributed by atoms with Crippen molar-refractivity contribution in [1.29, 1.82) is 0 Å². The molecule has 0 aliphatic heterocycles. The zero-order valence-corrected chi connectivity index (χ0v) is 44.3. The van der Waals surface area contributed by atoms with Crippen LogP contribution in [-0.2, 0) is 23.9 Å². The van der Waals surface area contributed by atoms with E-state index in [1.807, 2.05) is 0 Å². The van der Waals surface area contributed by atoms with Gasteiger partial charge in [-0.3, -0.25) is 14.4 Å². The van der Waals surface area contributed by atoms with Gasteiger partial charge in [-0.25, -0.2) is 0 Å². The third kappa shape index (κ3) is 40.6. The van der Waals surface area contributed by atoms with Crippen molar-refractivity contribution in [2.75, 3.05) is 46.9 Å². The SMILES string of the molecule is CCCCCCCCCN(CCCN(C)C)C(=O)C(CCCCCCCCC(=O)OCC(CCCC)CCCCC)CCCCCCCCC(=O)OCC(CCCC)CCCCCC. The van der Waals surface area contributed by atoms with Crippen LogP contribution in [0, 0.1) is 17.8 Å². The Balaban J connectivity index is 4.95. The highest BCUT2D eigenvalue weighted by Gasteiger charge is 2.24. The Labute approximate surface area is 399 Å². The van der Waals surface area contributed by atoms with Crippen LogP contribution in [0.2, 0.25) is 0 Å². The molecule has 0 rings (SSSR count). The third-order valence-corrected chi connectivity index (χ3v) is 13.7. The van der Waals surface area contributed by atoms with Crippen molar-refractivity contribution in [2.45, 2.75) is 285 Å². The van der Waals surface area contributed by atoms with Crippen molar-refractivity contribution in [1.82, 2.24) is 9.80 Å². The number of hydrogen-bond donors (Lipinski definition) is 0. The summed E-state index contributed by atoms with van der Waals surface area (Å²) in [6.07, 6.45) is 44.5. The number of ether oxygens (including phenoxy) is 2. The highest BCUT2D eigenvalue weighted by Crippen LogP contribution is 2.24. The minimum Gasteiger partial charge on any atom is -0.465 e. The van der Waals surface area contributed by atoms with Gasteiger partial charge >= 0.3 is 11.9 Å². The van der Waals surface area contributed by atoms with E-state index in [1.54, 1.807) is 0 Å². The van der Waals surface area contributed by atoms with E-state index in [4.69, 9.17) is 9.47 Å². The Morgan fingerprint density at radius 3 is 1.14 bits per heavy atom. The Morgan fingerprint density at radius 2 is 0.688 bits per heavy atom. The summed E-state index contributed by atoms with van der Waals surface area (Å²) in [7, 11) is 4.26. The zero-order chi connectivity index (χ0) is 47.1. The summed E-state index contributed by atoms with van der Waals surface area (Å²) in [5, 5.41) is 0. The molecule has 0 aliphatic rings. The first-order valence-corrected chi connectivity index (χ1v) is 28.5. The topological polar surface area (TPSA) is 76.2 Å². The maximum Gasteiger partial charge on any atom is 0.305 e. The lowest BCUT2D eigenvalue weighted by Gasteiger charge is -2.28. The summed E-state index contributed by atoms with van der Waals surface area (Å²) in [6, 6.07) is 0. The molecule has 0 heterocycles. The molecule has 0 aromatic rings. The van der Waals surface area contributed by atoms with E-state index in [-0.39, 0.29) is 17.9 Å². The third-order valence-electron chi connectivity index (χ3n) is 13.7. The first-order chi connectivity index (χ1) is 31.2. The summed E-state index contributed by atoms with van der Waals surface area (Å²) >= 11 is 0. The molecule has 3 unspecified atom stereocenters. The molecule has 0 aromatic heterocycles. The number of rotatable bonds is 50. The van der Waals surface area contributed by atoms with Crippen LogP contribution in [0.4, 0.5) is 0 Å². The van der Waals surface area contributed by atoms with Gasteiger partial charge in [-0.2, -0.15) is 0 Å². The van der Waals surface area contributed by atoms with Gasteiger partial charge in [0.25, 0.3) is 0 Å². The zero-order valence-electron chi connectivity index (χ0n) is 44.3. The van der Waals surface area contributed by atoms with Crippen LogP contribution < -0.4 is 0 Å². The Hall–Kier alpha value is -1.63. The molecule has 3 atom stereocenters. The highest BCUT2D eigenvalue weighted by molar-refractivity contribution is 5.78. The fourth-order valence-corrected chi connectivity index (χ4v) is 9.27. The van der Waals surface area contributed by atoms with E-state index >= 15 is 0 Å². The number of unbranched alkanes of at least 4 members (excludes halogenated alkanes) is 23. The number of hydrogen-bond acceptors (Lipinski definition) is 6. The smallest absolute Gasteiger partial charge is 0.305 e. The lowest BCUT2D eigenvalue weighted by molar-refractivity contribution is -0.146. The molecule has 64 heavy (non-hydrogen) atoms. The molecule has 1 amide bonds. The standard InChI is InChI=1S/C57H112N2O5/c1-8-13-18-20-25-30-37-48-59(49-38-47-58(6)7)57(62)54(43-33-26-21-23-28-35-45-55(60)63-50-52(39-16-11-4)41-31-15-10-3)44-34-27-22-24-29-36-46-56(61)64-51-53(40-17-12-5)42-32-19-14-9-2/h52-54H,8-51H2,1-7H3. The summed E-state index contributed by atoms with van der Waals surface area (Å²) < 4.78 is 11.5. The number of nitrogens with zero attached hydrogens (tertiary/aromatic N) is 2. The van der Waals surface area contributed by atoms with Crippen LogP contribution in [0.5, 0.6) is 0 Å². The van der Waals surface area contributed by atoms with Gasteiger partial charge in [0.05, 0.1) is 13.2 Å². The normalized spacial score (nSPS) is 13.0. The Kier molecular flexibility index (Phi) is 46.6. The van der Waals surface area contributed by atoms with Crippen LogP contribution in [0.3, 0.4) is 0 Å². The van der Waals surface area contributed by atoms with E-state index in [9.17, 15) is 14.4 Å². The Bertz CT molecular complexity index is 1020. The second-order valence-corrected chi connectivity index (χ2v) is 20.3. The first-order valence-electron chi connectivity index (χ1n) is 28.5. The minimum atomic E-state index is -0.0143. The lowest BCUT2D eigenvalue weighted by atomic mass is 9.92. The second kappa shape index (κ2) is 47.8. The second-order valence-electron chi connectivity index (χ2n) is 20.3. The molecule has 0 fully saturated rings. The predicted octanol–water partition coefficient (Wildman–Crippen LogP) is 16.6. The van der Waals surface area contributed by atoms with Crippen molar-refractivity contribution in [3.63, 3.8) is 0 Å². The molecule has 380 valence electrons. The molecule has 0 saturated heterocycles. The van der Waals surface area contributed by atoms with E-state index < -0.39 is 0 Å². The molecule has 0 saturated carbocycles.